The zero-order valence-electron chi connectivity index (χ0n) is 15.8. The minimum absolute atomic E-state index is 0.744. The molecule has 140 valence electrons. The van der Waals surface area contributed by atoms with E-state index in [1.807, 2.05) is 18.2 Å². The van der Waals surface area contributed by atoms with Gasteiger partial charge in [-0.15, -0.1) is 0 Å². The Bertz CT molecular complexity index is 516. The SMILES string of the molecule is CCCCCCCCCCCCCC1=NNCN1c1cccc(Cl)c1. The highest BCUT2D eigenvalue weighted by Gasteiger charge is 2.18. The van der Waals surface area contributed by atoms with Crippen molar-refractivity contribution in [1.82, 2.24) is 5.43 Å². The summed E-state index contributed by atoms with van der Waals surface area (Å²) in [6.07, 6.45) is 16.2. The topological polar surface area (TPSA) is 27.6 Å². The summed E-state index contributed by atoms with van der Waals surface area (Å²) < 4.78 is 0. The molecule has 1 aromatic carbocycles. The van der Waals surface area contributed by atoms with Gasteiger partial charge < -0.3 is 4.90 Å². The van der Waals surface area contributed by atoms with E-state index in [0.29, 0.717) is 0 Å². The Kier molecular flexibility index (Phi) is 9.79. The highest BCUT2D eigenvalue weighted by Crippen LogP contribution is 2.22. The Morgan fingerprint density at radius 2 is 1.60 bits per heavy atom. The first-order valence-corrected chi connectivity index (χ1v) is 10.5. The Balaban J connectivity index is 1.53. The van der Waals surface area contributed by atoms with Crippen LogP contribution in [0.4, 0.5) is 5.69 Å². The van der Waals surface area contributed by atoms with Gasteiger partial charge in [0.1, 0.15) is 12.5 Å². The molecule has 0 unspecified atom stereocenters. The van der Waals surface area contributed by atoms with E-state index in [9.17, 15) is 0 Å². The number of rotatable bonds is 13. The maximum absolute atomic E-state index is 6.11. The van der Waals surface area contributed by atoms with Gasteiger partial charge in [0.05, 0.1) is 0 Å². The number of unbranched alkanes of at least 4 members (excludes halogenated alkanes) is 10. The van der Waals surface area contributed by atoms with Crippen LogP contribution in [0, 0.1) is 0 Å². The lowest BCUT2D eigenvalue weighted by Gasteiger charge is -2.19. The van der Waals surface area contributed by atoms with E-state index in [0.717, 1.165) is 29.6 Å². The predicted octanol–water partition coefficient (Wildman–Crippen LogP) is 6.72. The highest BCUT2D eigenvalue weighted by molar-refractivity contribution is 6.30. The molecule has 1 aliphatic rings. The maximum Gasteiger partial charge on any atom is 0.130 e. The van der Waals surface area contributed by atoms with Crippen molar-refractivity contribution in [3.63, 3.8) is 0 Å². The van der Waals surface area contributed by atoms with Crippen LogP contribution in [0.25, 0.3) is 0 Å². The summed E-state index contributed by atoms with van der Waals surface area (Å²) in [5.41, 5.74) is 4.23. The quantitative estimate of drug-likeness (QED) is 0.394. The zero-order chi connectivity index (χ0) is 17.7. The summed E-state index contributed by atoms with van der Waals surface area (Å²) in [6.45, 7) is 3.02. The van der Waals surface area contributed by atoms with Gasteiger partial charge in [0.2, 0.25) is 0 Å². The van der Waals surface area contributed by atoms with Gasteiger partial charge in [0, 0.05) is 17.1 Å². The molecule has 3 nitrogen and oxygen atoms in total. The Morgan fingerprint density at radius 1 is 0.960 bits per heavy atom. The first kappa shape index (κ1) is 20.1. The molecule has 0 saturated heterocycles. The molecule has 0 spiro atoms. The van der Waals surface area contributed by atoms with E-state index in [1.54, 1.807) is 0 Å². The molecule has 0 fully saturated rings. The van der Waals surface area contributed by atoms with Crippen LogP contribution in [-0.4, -0.2) is 12.5 Å². The number of benzene rings is 1. The molecule has 1 heterocycles. The van der Waals surface area contributed by atoms with Crippen molar-refractivity contribution in [2.45, 2.75) is 84.0 Å². The maximum atomic E-state index is 6.11. The van der Waals surface area contributed by atoms with Crippen molar-refractivity contribution in [3.05, 3.63) is 29.3 Å². The fourth-order valence-corrected chi connectivity index (χ4v) is 3.56. The third-order valence-corrected chi connectivity index (χ3v) is 5.11. The van der Waals surface area contributed by atoms with Crippen molar-refractivity contribution in [3.8, 4) is 0 Å². The molecule has 1 N–H and O–H groups in total. The second-order valence-corrected chi connectivity index (χ2v) is 7.47. The van der Waals surface area contributed by atoms with Gasteiger partial charge in [-0.3, -0.25) is 5.43 Å². The zero-order valence-corrected chi connectivity index (χ0v) is 16.5. The summed E-state index contributed by atoms with van der Waals surface area (Å²) in [6, 6.07) is 8.00. The molecule has 4 heteroatoms. The number of hydrogen-bond donors (Lipinski definition) is 1. The average molecular weight is 364 g/mol. The average Bonchev–Trinajstić information content (AvgIpc) is 3.08. The van der Waals surface area contributed by atoms with Gasteiger partial charge in [0.25, 0.3) is 0 Å². The van der Waals surface area contributed by atoms with Gasteiger partial charge >= 0.3 is 0 Å². The number of amidine groups is 1. The van der Waals surface area contributed by atoms with Crippen molar-refractivity contribution < 1.29 is 0 Å². The fraction of sp³-hybridized carbons (Fsp3) is 0.667. The monoisotopic (exact) mass is 363 g/mol. The van der Waals surface area contributed by atoms with Gasteiger partial charge in [-0.2, -0.15) is 5.10 Å². The van der Waals surface area contributed by atoms with E-state index in [4.69, 9.17) is 11.6 Å². The van der Waals surface area contributed by atoms with Gasteiger partial charge in [-0.25, -0.2) is 0 Å². The summed E-state index contributed by atoms with van der Waals surface area (Å²) in [4.78, 5) is 2.22. The van der Waals surface area contributed by atoms with E-state index >= 15 is 0 Å². The van der Waals surface area contributed by atoms with E-state index in [1.165, 1.54) is 70.6 Å². The van der Waals surface area contributed by atoms with Gasteiger partial charge in [-0.1, -0.05) is 88.8 Å². The van der Waals surface area contributed by atoms with Crippen LogP contribution in [0.15, 0.2) is 29.4 Å². The molecule has 1 aliphatic heterocycles. The molecule has 0 atom stereocenters. The lowest BCUT2D eigenvalue weighted by molar-refractivity contribution is 0.551. The second-order valence-electron chi connectivity index (χ2n) is 7.04. The first-order valence-electron chi connectivity index (χ1n) is 10.1. The second kappa shape index (κ2) is 12.2. The number of hydrogen-bond acceptors (Lipinski definition) is 3. The van der Waals surface area contributed by atoms with Crippen molar-refractivity contribution in [2.24, 2.45) is 5.10 Å². The van der Waals surface area contributed by atoms with Gasteiger partial charge in [0.15, 0.2) is 0 Å². The largest absolute Gasteiger partial charge is 0.309 e. The smallest absolute Gasteiger partial charge is 0.130 e. The molecule has 1 aromatic rings. The Morgan fingerprint density at radius 3 is 2.24 bits per heavy atom. The van der Waals surface area contributed by atoms with Crippen molar-refractivity contribution >= 4 is 23.1 Å². The molecule has 0 bridgehead atoms. The number of anilines is 1. The lowest BCUT2D eigenvalue weighted by atomic mass is 10.1. The van der Waals surface area contributed by atoms with Crippen molar-refractivity contribution in [2.75, 3.05) is 11.6 Å². The molecule has 2 rings (SSSR count). The Hall–Kier alpha value is -1.22. The number of halogens is 1. The molecular formula is C21H34ClN3. The van der Waals surface area contributed by atoms with E-state index in [2.05, 4.69) is 28.4 Å². The van der Waals surface area contributed by atoms with Crippen LogP contribution in [0.3, 0.4) is 0 Å². The normalized spacial score (nSPS) is 13.8. The van der Waals surface area contributed by atoms with Crippen LogP contribution in [0.2, 0.25) is 5.02 Å². The van der Waals surface area contributed by atoms with Gasteiger partial charge in [-0.05, 0) is 24.6 Å². The summed E-state index contributed by atoms with van der Waals surface area (Å²) in [7, 11) is 0. The molecule has 0 aromatic heterocycles. The minimum Gasteiger partial charge on any atom is -0.309 e. The van der Waals surface area contributed by atoms with Crippen LogP contribution in [0.5, 0.6) is 0 Å². The first-order chi connectivity index (χ1) is 12.3. The number of nitrogens with zero attached hydrogens (tertiary/aromatic N) is 2. The minimum atomic E-state index is 0.744. The molecule has 0 radical (unpaired) electrons. The van der Waals surface area contributed by atoms with Crippen molar-refractivity contribution in [1.29, 1.82) is 0 Å². The molecule has 0 saturated carbocycles. The van der Waals surface area contributed by atoms with E-state index in [-0.39, 0.29) is 0 Å². The highest BCUT2D eigenvalue weighted by atomic mass is 35.5. The number of nitrogens with one attached hydrogen (secondary N) is 1. The molecule has 0 amide bonds. The predicted molar refractivity (Wildman–Crippen MR) is 110 cm³/mol. The van der Waals surface area contributed by atoms with Crippen LogP contribution in [0.1, 0.15) is 84.0 Å². The summed E-state index contributed by atoms with van der Waals surface area (Å²) >= 11 is 6.11. The summed E-state index contributed by atoms with van der Waals surface area (Å²) in [5.74, 6) is 1.14. The number of hydrazone groups is 1. The standard InChI is InChI=1S/C21H34ClN3/c1-2-3-4-5-6-7-8-9-10-11-12-16-21-24-23-18-25(21)20-15-13-14-19(22)17-20/h13-15,17,23H,2-12,16,18H2,1H3. The van der Waals surface area contributed by atoms with Crippen LogP contribution < -0.4 is 10.3 Å². The third kappa shape index (κ3) is 7.68. The van der Waals surface area contributed by atoms with Crippen LogP contribution >= 0.6 is 11.6 Å². The molecule has 0 aliphatic carbocycles. The summed E-state index contributed by atoms with van der Waals surface area (Å²) in [5, 5.41) is 5.23. The third-order valence-electron chi connectivity index (χ3n) is 4.87. The van der Waals surface area contributed by atoms with Crippen LogP contribution in [-0.2, 0) is 0 Å². The Labute approximate surface area is 158 Å². The molecular weight excluding hydrogens is 330 g/mol. The molecule has 25 heavy (non-hydrogen) atoms. The van der Waals surface area contributed by atoms with E-state index < -0.39 is 0 Å². The fourth-order valence-electron chi connectivity index (χ4n) is 3.37. The lowest BCUT2D eigenvalue weighted by Crippen LogP contribution is -2.29.